The summed E-state index contributed by atoms with van der Waals surface area (Å²) in [6.07, 6.45) is 0.749. The summed E-state index contributed by atoms with van der Waals surface area (Å²) >= 11 is 8.53. The van der Waals surface area contributed by atoms with Crippen molar-refractivity contribution in [3.05, 3.63) is 99.6 Å². The van der Waals surface area contributed by atoms with E-state index >= 15 is 0 Å². The van der Waals surface area contributed by atoms with E-state index in [0.717, 1.165) is 23.2 Å². The smallest absolute Gasteiger partial charge is 0.335 e. The highest BCUT2D eigenvalue weighted by Gasteiger charge is 2.50. The summed E-state index contributed by atoms with van der Waals surface area (Å²) in [5, 5.41) is 24.3. The van der Waals surface area contributed by atoms with Crippen molar-refractivity contribution >= 4 is 40.7 Å². The van der Waals surface area contributed by atoms with Gasteiger partial charge in [-0.2, -0.15) is 0 Å². The fourth-order valence-corrected chi connectivity index (χ4v) is 7.05. The number of nitrogens with zero attached hydrogens (tertiary/aromatic N) is 1. The monoisotopic (exact) mass is 480 g/mol. The van der Waals surface area contributed by atoms with Crippen molar-refractivity contribution in [1.82, 2.24) is 0 Å². The second-order valence-electron chi connectivity index (χ2n) is 8.39. The Morgan fingerprint density at radius 1 is 1.09 bits per heavy atom. The molecular weight excluding hydrogens is 460 g/mol. The van der Waals surface area contributed by atoms with E-state index in [1.165, 1.54) is 17.8 Å². The summed E-state index contributed by atoms with van der Waals surface area (Å²) in [5.41, 5.74) is 3.23. The van der Waals surface area contributed by atoms with Crippen molar-refractivity contribution in [2.45, 2.75) is 33.9 Å². The molecule has 1 aliphatic carbocycles. The van der Waals surface area contributed by atoms with E-state index in [4.69, 9.17) is 11.6 Å². The second kappa shape index (κ2) is 8.72. The number of carbonyl (C=O) groups is 1. The predicted octanol–water partition coefficient (Wildman–Crippen LogP) is 6.33. The molecule has 168 valence electrons. The van der Waals surface area contributed by atoms with Crippen molar-refractivity contribution in [2.24, 2.45) is 5.92 Å². The van der Waals surface area contributed by atoms with E-state index in [9.17, 15) is 20.0 Å². The summed E-state index contributed by atoms with van der Waals surface area (Å²) in [7, 11) is 0. The van der Waals surface area contributed by atoms with E-state index in [1.54, 1.807) is 30.3 Å². The summed E-state index contributed by atoms with van der Waals surface area (Å²) in [4.78, 5) is 23.4. The zero-order chi connectivity index (χ0) is 23.1. The molecule has 1 heterocycles. The average molecular weight is 481 g/mol. The number of nitro groups is 1. The number of fused-ring (bicyclic) bond motifs is 3. The number of hydrogen-bond acceptors (Lipinski definition) is 5. The zero-order valence-corrected chi connectivity index (χ0v) is 19.0. The minimum atomic E-state index is -0.977. The fourth-order valence-electron chi connectivity index (χ4n) is 5.11. The largest absolute Gasteiger partial charge is 0.478 e. The van der Waals surface area contributed by atoms with Gasteiger partial charge in [-0.25, -0.2) is 4.79 Å². The van der Waals surface area contributed by atoms with E-state index in [2.05, 4.69) is 17.4 Å². The maximum absolute atomic E-state index is 11.6. The lowest BCUT2D eigenvalue weighted by Gasteiger charge is -2.38. The van der Waals surface area contributed by atoms with Crippen LogP contribution in [-0.2, 0) is 0 Å². The molecule has 0 bridgehead atoms. The number of carboxylic acids is 1. The van der Waals surface area contributed by atoms with Crippen LogP contribution in [0.25, 0.3) is 0 Å². The number of alkyl halides is 1. The van der Waals surface area contributed by atoms with Gasteiger partial charge in [0.2, 0.25) is 0 Å². The Balaban J connectivity index is 1.55. The lowest BCUT2D eigenvalue weighted by Crippen LogP contribution is -2.31. The van der Waals surface area contributed by atoms with Gasteiger partial charge in [0.25, 0.3) is 5.69 Å². The van der Waals surface area contributed by atoms with Crippen LogP contribution in [0.2, 0.25) is 0 Å². The molecule has 0 radical (unpaired) electrons. The summed E-state index contributed by atoms with van der Waals surface area (Å²) in [6, 6.07) is 22.0. The average Bonchev–Trinajstić information content (AvgIpc) is 3.15. The van der Waals surface area contributed by atoms with E-state index < -0.39 is 5.97 Å². The first kappa shape index (κ1) is 21.8. The molecule has 3 aromatic rings. The van der Waals surface area contributed by atoms with Gasteiger partial charge in [0.1, 0.15) is 0 Å². The molecule has 0 spiro atoms. The predicted molar refractivity (Wildman–Crippen MR) is 129 cm³/mol. The number of carboxylic acid groups (broad SMARTS) is 1. The van der Waals surface area contributed by atoms with Gasteiger partial charge in [0.05, 0.1) is 26.8 Å². The quantitative estimate of drug-likeness (QED) is 0.252. The molecule has 2 N–H and O–H groups in total. The minimum Gasteiger partial charge on any atom is -0.478 e. The number of nitro benzene ring substituents is 1. The number of aromatic carboxylic acids is 1. The molecule has 0 saturated heterocycles. The van der Waals surface area contributed by atoms with Crippen molar-refractivity contribution in [3.8, 4) is 0 Å². The van der Waals surface area contributed by atoms with E-state index in [0.29, 0.717) is 4.90 Å². The number of benzene rings is 3. The van der Waals surface area contributed by atoms with Gasteiger partial charge >= 0.3 is 5.97 Å². The second-order valence-corrected chi connectivity index (χ2v) is 10.2. The third-order valence-electron chi connectivity index (χ3n) is 6.56. The number of anilines is 1. The molecule has 1 saturated carbocycles. The number of halogens is 1. The lowest BCUT2D eigenvalue weighted by molar-refractivity contribution is -0.387. The molecule has 6 nitrogen and oxygen atoms in total. The molecule has 5 rings (SSSR count). The topological polar surface area (TPSA) is 92.5 Å². The van der Waals surface area contributed by atoms with Gasteiger partial charge in [-0.3, -0.25) is 10.1 Å². The van der Waals surface area contributed by atoms with Crippen LogP contribution in [0.15, 0.2) is 77.7 Å². The van der Waals surface area contributed by atoms with E-state index in [-0.39, 0.29) is 44.7 Å². The van der Waals surface area contributed by atoms with Crippen LogP contribution >= 0.6 is 23.4 Å². The van der Waals surface area contributed by atoms with Crippen LogP contribution in [0.5, 0.6) is 0 Å². The number of hydrogen-bond donors (Lipinski definition) is 2. The van der Waals surface area contributed by atoms with Gasteiger partial charge in [-0.15, -0.1) is 23.4 Å². The summed E-state index contributed by atoms with van der Waals surface area (Å²) in [5.74, 6) is -0.936. The number of para-hydroxylation sites is 1. The first-order valence-electron chi connectivity index (χ1n) is 10.7. The number of rotatable bonds is 5. The van der Waals surface area contributed by atoms with Crippen LogP contribution in [0, 0.1) is 16.0 Å². The van der Waals surface area contributed by atoms with Crippen molar-refractivity contribution in [2.75, 3.05) is 5.32 Å². The minimum absolute atomic E-state index is 0.0111. The van der Waals surface area contributed by atoms with Crippen molar-refractivity contribution in [3.63, 3.8) is 0 Å². The highest BCUT2D eigenvalue weighted by atomic mass is 35.5. The maximum atomic E-state index is 11.6. The van der Waals surface area contributed by atoms with Crippen LogP contribution in [0.4, 0.5) is 11.4 Å². The van der Waals surface area contributed by atoms with Gasteiger partial charge in [-0.05, 0) is 47.7 Å². The highest BCUT2D eigenvalue weighted by molar-refractivity contribution is 8.00. The molecular formula is C25H21ClN2O4S. The Bertz CT molecular complexity index is 1220. The highest BCUT2D eigenvalue weighted by Crippen LogP contribution is 2.58. The Hall–Kier alpha value is -3.03. The van der Waals surface area contributed by atoms with Gasteiger partial charge < -0.3 is 10.4 Å². The lowest BCUT2D eigenvalue weighted by atomic mass is 9.77. The fraction of sp³-hybridized carbons (Fsp3) is 0.240. The van der Waals surface area contributed by atoms with Gasteiger partial charge in [0, 0.05) is 22.9 Å². The molecule has 5 atom stereocenters. The zero-order valence-electron chi connectivity index (χ0n) is 17.4. The third kappa shape index (κ3) is 3.96. The first-order chi connectivity index (χ1) is 15.9. The standard InChI is InChI=1S/C25H21ClN2O4S/c26-23-21(33-20-9-5-4-8-19(20)28(31)32)13-17-22(23)16-12-15(25(29)30)10-11-18(16)27-24(17)14-6-2-1-3-7-14/h1-12,17,21-24,27H,13H2,(H,29,30)/t17-,21-,22+,23-,24+/m0/s1. The SMILES string of the molecule is O=C(O)c1ccc2c(c1)[C@H]1[C@@H](Cl)[C@@H](Sc3ccccc3[N+](=O)[O-])C[C@@H]1[C@@H](c1ccccc1)N2. The van der Waals surface area contributed by atoms with Gasteiger partial charge in [0.15, 0.2) is 0 Å². The van der Waals surface area contributed by atoms with Crippen molar-refractivity contribution < 1.29 is 14.8 Å². The Labute approximate surface area is 200 Å². The maximum Gasteiger partial charge on any atom is 0.335 e. The molecule has 0 amide bonds. The molecule has 0 unspecified atom stereocenters. The van der Waals surface area contributed by atoms with Gasteiger partial charge in [-0.1, -0.05) is 42.5 Å². The van der Waals surface area contributed by atoms with Crippen molar-refractivity contribution in [1.29, 1.82) is 0 Å². The first-order valence-corrected chi connectivity index (χ1v) is 12.0. The molecule has 2 aliphatic rings. The Morgan fingerprint density at radius 3 is 2.55 bits per heavy atom. The molecule has 0 aromatic heterocycles. The number of nitrogens with one attached hydrogen (secondary N) is 1. The molecule has 3 aromatic carbocycles. The number of thioether (sulfide) groups is 1. The molecule has 8 heteroatoms. The van der Waals surface area contributed by atoms with E-state index in [1.807, 2.05) is 24.3 Å². The van der Waals surface area contributed by atoms with Crippen LogP contribution in [0.1, 0.15) is 39.9 Å². The van der Waals surface area contributed by atoms with Crippen LogP contribution in [-0.4, -0.2) is 26.6 Å². The van der Waals surface area contributed by atoms with Crippen LogP contribution < -0.4 is 5.32 Å². The Kier molecular flexibility index (Phi) is 5.76. The molecule has 1 aliphatic heterocycles. The summed E-state index contributed by atoms with van der Waals surface area (Å²) < 4.78 is 0. The summed E-state index contributed by atoms with van der Waals surface area (Å²) in [6.45, 7) is 0. The third-order valence-corrected chi connectivity index (χ3v) is 8.67. The molecule has 1 fully saturated rings. The normalized spacial score (nSPS) is 25.5. The molecule has 33 heavy (non-hydrogen) atoms. The Morgan fingerprint density at radius 2 is 1.82 bits per heavy atom. The van der Waals surface area contributed by atoms with Crippen LogP contribution in [0.3, 0.4) is 0 Å².